The first kappa shape index (κ1) is 16.0. The molecule has 0 aromatic heterocycles. The molecule has 1 rings (SSSR count). The van der Waals surface area contributed by atoms with E-state index < -0.39 is 6.10 Å². The highest BCUT2D eigenvalue weighted by Crippen LogP contribution is 2.13. The lowest BCUT2D eigenvalue weighted by molar-refractivity contribution is -0.149. The zero-order chi connectivity index (χ0) is 15.0. The summed E-state index contributed by atoms with van der Waals surface area (Å²) in [7, 11) is 0. The Morgan fingerprint density at radius 3 is 2.35 bits per heavy atom. The third-order valence-electron chi connectivity index (χ3n) is 2.69. The van der Waals surface area contributed by atoms with Gasteiger partial charge in [-0.25, -0.2) is 0 Å². The molecule has 4 heteroatoms. The van der Waals surface area contributed by atoms with Gasteiger partial charge < -0.3 is 9.47 Å². The topological polar surface area (TPSA) is 52.6 Å². The molecular formula is C16H20O4. The van der Waals surface area contributed by atoms with Gasteiger partial charge in [0, 0.05) is 19.8 Å². The Bertz CT molecular complexity index is 465. The normalized spacial score (nSPS) is 13.8. The van der Waals surface area contributed by atoms with Crippen LogP contribution in [0.15, 0.2) is 36.4 Å². The maximum absolute atomic E-state index is 11.1. The van der Waals surface area contributed by atoms with Gasteiger partial charge in [0.2, 0.25) is 0 Å². The first-order valence-electron chi connectivity index (χ1n) is 6.53. The van der Waals surface area contributed by atoms with Crippen molar-refractivity contribution in [2.24, 2.45) is 5.92 Å². The molecule has 0 radical (unpaired) electrons. The van der Waals surface area contributed by atoms with Crippen LogP contribution in [0, 0.1) is 5.92 Å². The molecule has 0 N–H and O–H groups in total. The molecule has 0 amide bonds. The number of ether oxygens (including phenoxy) is 2. The van der Waals surface area contributed by atoms with E-state index in [1.54, 1.807) is 0 Å². The van der Waals surface area contributed by atoms with Gasteiger partial charge in [-0.1, -0.05) is 43.3 Å². The smallest absolute Gasteiger partial charge is 0.303 e. The van der Waals surface area contributed by atoms with Gasteiger partial charge in [-0.05, 0) is 11.6 Å². The molecule has 0 saturated heterocycles. The third-order valence-corrected chi connectivity index (χ3v) is 2.69. The minimum atomic E-state index is -0.424. The van der Waals surface area contributed by atoms with Gasteiger partial charge in [0.1, 0.15) is 6.10 Å². The van der Waals surface area contributed by atoms with E-state index in [4.69, 9.17) is 9.47 Å². The first-order valence-corrected chi connectivity index (χ1v) is 6.53. The summed E-state index contributed by atoms with van der Waals surface area (Å²) in [6.07, 6.45) is 3.27. The minimum Gasteiger partial charge on any atom is -0.465 e. The van der Waals surface area contributed by atoms with Crippen molar-refractivity contribution >= 4 is 18.0 Å². The predicted molar refractivity (Wildman–Crippen MR) is 76.8 cm³/mol. The lowest BCUT2D eigenvalue weighted by Crippen LogP contribution is -2.26. The Kier molecular flexibility index (Phi) is 6.50. The van der Waals surface area contributed by atoms with Crippen LogP contribution in [0.4, 0.5) is 0 Å². The van der Waals surface area contributed by atoms with Crippen molar-refractivity contribution in [3.8, 4) is 0 Å². The van der Waals surface area contributed by atoms with E-state index in [-0.39, 0.29) is 24.5 Å². The fourth-order valence-corrected chi connectivity index (χ4v) is 1.65. The van der Waals surface area contributed by atoms with Crippen LogP contribution in [0.1, 0.15) is 26.3 Å². The summed E-state index contributed by atoms with van der Waals surface area (Å²) in [5.41, 5.74) is 1.02. The number of carbonyl (C=O) groups excluding carboxylic acids is 2. The van der Waals surface area contributed by atoms with E-state index in [1.165, 1.54) is 13.8 Å². The van der Waals surface area contributed by atoms with E-state index in [9.17, 15) is 9.59 Å². The zero-order valence-corrected chi connectivity index (χ0v) is 12.0. The lowest BCUT2D eigenvalue weighted by atomic mass is 10.0. The summed E-state index contributed by atoms with van der Waals surface area (Å²) in [6, 6.07) is 9.71. The molecule has 0 saturated carbocycles. The van der Waals surface area contributed by atoms with E-state index in [0.29, 0.717) is 0 Å². The van der Waals surface area contributed by atoms with Crippen LogP contribution < -0.4 is 0 Å². The molecule has 2 unspecified atom stereocenters. The van der Waals surface area contributed by atoms with Crippen LogP contribution >= 0.6 is 0 Å². The Morgan fingerprint density at radius 2 is 1.80 bits per heavy atom. The van der Waals surface area contributed by atoms with Crippen LogP contribution in [-0.2, 0) is 19.1 Å². The van der Waals surface area contributed by atoms with Gasteiger partial charge in [-0.2, -0.15) is 0 Å². The second kappa shape index (κ2) is 8.15. The number of hydrogen-bond acceptors (Lipinski definition) is 4. The highest BCUT2D eigenvalue weighted by atomic mass is 16.6. The number of benzene rings is 1. The van der Waals surface area contributed by atoms with Gasteiger partial charge in [-0.15, -0.1) is 0 Å². The Hall–Kier alpha value is -2.10. The van der Waals surface area contributed by atoms with Crippen LogP contribution in [0.3, 0.4) is 0 Å². The summed E-state index contributed by atoms with van der Waals surface area (Å²) >= 11 is 0. The highest BCUT2D eigenvalue weighted by Gasteiger charge is 2.18. The number of carbonyl (C=O) groups is 2. The van der Waals surface area contributed by atoms with Gasteiger partial charge >= 0.3 is 11.9 Å². The molecule has 0 heterocycles. The van der Waals surface area contributed by atoms with E-state index in [0.717, 1.165) is 5.56 Å². The van der Waals surface area contributed by atoms with Crippen molar-refractivity contribution < 1.29 is 19.1 Å². The standard InChI is InChI=1S/C16H20O4/c1-12(11-19-13(2)17)16(20-14(3)18)10-9-15-7-5-4-6-8-15/h4-10,12,16H,11H2,1-3H3. The summed E-state index contributed by atoms with van der Waals surface area (Å²) < 4.78 is 10.2. The van der Waals surface area contributed by atoms with Crippen molar-refractivity contribution in [1.82, 2.24) is 0 Å². The van der Waals surface area contributed by atoms with Crippen molar-refractivity contribution in [3.63, 3.8) is 0 Å². The molecule has 0 fully saturated rings. The monoisotopic (exact) mass is 276 g/mol. The number of esters is 2. The summed E-state index contributed by atoms with van der Waals surface area (Å²) in [6.45, 7) is 4.80. The Balaban J connectivity index is 2.70. The zero-order valence-electron chi connectivity index (χ0n) is 12.0. The molecule has 0 spiro atoms. The van der Waals surface area contributed by atoms with Crippen molar-refractivity contribution in [2.45, 2.75) is 26.9 Å². The SMILES string of the molecule is CC(=O)OCC(C)C(C=Cc1ccccc1)OC(C)=O. The predicted octanol–water partition coefficient (Wildman–Crippen LogP) is 2.83. The lowest BCUT2D eigenvalue weighted by Gasteiger charge is -2.20. The Morgan fingerprint density at radius 1 is 1.15 bits per heavy atom. The molecule has 4 nitrogen and oxygen atoms in total. The van der Waals surface area contributed by atoms with Crippen LogP contribution in [0.25, 0.3) is 6.08 Å². The average Bonchev–Trinajstić information content (AvgIpc) is 2.41. The van der Waals surface area contributed by atoms with Gasteiger partial charge in [0.25, 0.3) is 0 Å². The summed E-state index contributed by atoms with van der Waals surface area (Å²) in [5, 5.41) is 0. The maximum atomic E-state index is 11.1. The van der Waals surface area contributed by atoms with Crippen LogP contribution in [0.2, 0.25) is 0 Å². The molecule has 1 aromatic rings. The maximum Gasteiger partial charge on any atom is 0.303 e. The number of hydrogen-bond donors (Lipinski definition) is 0. The summed E-state index contributed by atoms with van der Waals surface area (Å²) in [4.78, 5) is 22.0. The van der Waals surface area contributed by atoms with Crippen molar-refractivity contribution in [3.05, 3.63) is 42.0 Å². The molecule has 0 aliphatic carbocycles. The van der Waals surface area contributed by atoms with Crippen molar-refractivity contribution in [2.75, 3.05) is 6.61 Å². The molecule has 20 heavy (non-hydrogen) atoms. The molecule has 0 aliphatic heterocycles. The summed E-state index contributed by atoms with van der Waals surface area (Å²) in [5.74, 6) is -0.810. The van der Waals surface area contributed by atoms with Gasteiger partial charge in [0.05, 0.1) is 6.61 Å². The average molecular weight is 276 g/mol. The Labute approximate surface area is 119 Å². The van der Waals surface area contributed by atoms with E-state index in [2.05, 4.69) is 0 Å². The molecule has 1 aromatic carbocycles. The number of rotatable bonds is 6. The third kappa shape index (κ3) is 6.18. The molecule has 0 bridgehead atoms. The highest BCUT2D eigenvalue weighted by molar-refractivity contribution is 5.67. The quantitative estimate of drug-likeness (QED) is 0.750. The second-order valence-electron chi connectivity index (χ2n) is 4.62. The van der Waals surface area contributed by atoms with Gasteiger partial charge in [0.15, 0.2) is 0 Å². The largest absolute Gasteiger partial charge is 0.465 e. The van der Waals surface area contributed by atoms with Gasteiger partial charge in [-0.3, -0.25) is 9.59 Å². The first-order chi connectivity index (χ1) is 9.49. The fraction of sp³-hybridized carbons (Fsp3) is 0.375. The van der Waals surface area contributed by atoms with E-state index >= 15 is 0 Å². The second-order valence-corrected chi connectivity index (χ2v) is 4.62. The van der Waals surface area contributed by atoms with Crippen molar-refractivity contribution in [1.29, 1.82) is 0 Å². The van der Waals surface area contributed by atoms with E-state index in [1.807, 2.05) is 49.4 Å². The van der Waals surface area contributed by atoms with Crippen LogP contribution in [-0.4, -0.2) is 24.6 Å². The fourth-order valence-electron chi connectivity index (χ4n) is 1.65. The minimum absolute atomic E-state index is 0.109. The molecule has 0 aliphatic rings. The molecular weight excluding hydrogens is 256 g/mol. The van der Waals surface area contributed by atoms with Crippen LogP contribution in [0.5, 0.6) is 0 Å². The molecule has 108 valence electrons. The molecule has 2 atom stereocenters.